The predicted molar refractivity (Wildman–Crippen MR) is 89.2 cm³/mol. The number of carbonyl (C=O) groups excluding carboxylic acids is 1. The Bertz CT molecular complexity index is 690. The van der Waals surface area contributed by atoms with Gasteiger partial charge in [-0.15, -0.1) is 11.8 Å². The highest BCUT2D eigenvalue weighted by atomic mass is 32.2. The molecular weight excluding hydrogens is 316 g/mol. The summed E-state index contributed by atoms with van der Waals surface area (Å²) in [6.45, 7) is 0. The fourth-order valence-electron chi connectivity index (χ4n) is 1.64. The molecule has 0 unspecified atom stereocenters. The lowest BCUT2D eigenvalue weighted by molar-refractivity contribution is -0.384. The molecule has 0 fully saturated rings. The number of pyridine rings is 1. The maximum atomic E-state index is 11.6. The molecule has 1 aromatic carbocycles. The number of hydrazone groups is 1. The van der Waals surface area contributed by atoms with Gasteiger partial charge in [0.15, 0.2) is 0 Å². The molecule has 1 N–H and O–H groups in total. The van der Waals surface area contributed by atoms with E-state index in [2.05, 4.69) is 15.5 Å². The van der Waals surface area contributed by atoms with Crippen LogP contribution < -0.4 is 5.43 Å². The minimum absolute atomic E-state index is 0.0567. The number of hydrogen-bond donors (Lipinski definition) is 1. The van der Waals surface area contributed by atoms with E-state index in [1.807, 2.05) is 6.07 Å². The van der Waals surface area contributed by atoms with E-state index in [0.717, 1.165) is 11.1 Å². The molecule has 0 saturated heterocycles. The number of benzene rings is 1. The fraction of sp³-hybridized carbons (Fsp3) is 0.133. The lowest BCUT2D eigenvalue weighted by Gasteiger charge is -2.01. The molecule has 1 amide bonds. The topological polar surface area (TPSA) is 97.5 Å². The molecule has 0 spiro atoms. The molecule has 118 valence electrons. The quantitative estimate of drug-likeness (QED) is 0.477. The van der Waals surface area contributed by atoms with Crippen LogP contribution >= 0.6 is 11.8 Å². The van der Waals surface area contributed by atoms with E-state index >= 15 is 0 Å². The van der Waals surface area contributed by atoms with Crippen LogP contribution in [0.2, 0.25) is 0 Å². The summed E-state index contributed by atoms with van der Waals surface area (Å²) in [5, 5.41) is 14.4. The van der Waals surface area contributed by atoms with Gasteiger partial charge in [0.25, 0.3) is 5.69 Å². The molecule has 7 nitrogen and oxygen atoms in total. The Morgan fingerprint density at radius 3 is 2.78 bits per heavy atom. The first kappa shape index (κ1) is 16.6. The molecule has 0 saturated carbocycles. The highest BCUT2D eigenvalue weighted by Gasteiger charge is 2.05. The Morgan fingerprint density at radius 1 is 1.35 bits per heavy atom. The third-order valence-corrected chi connectivity index (χ3v) is 3.74. The summed E-state index contributed by atoms with van der Waals surface area (Å²) in [5.74, 6) is 0.635. The molecule has 2 rings (SSSR count). The van der Waals surface area contributed by atoms with Gasteiger partial charge in [-0.25, -0.2) is 5.43 Å². The Hall–Kier alpha value is -2.74. The fourth-order valence-corrected chi connectivity index (χ4v) is 2.42. The first-order chi connectivity index (χ1) is 11.1. The van der Waals surface area contributed by atoms with Crippen molar-refractivity contribution in [1.82, 2.24) is 10.4 Å². The van der Waals surface area contributed by atoms with E-state index in [4.69, 9.17) is 0 Å². The van der Waals surface area contributed by atoms with Crippen LogP contribution in [0.15, 0.2) is 53.9 Å². The summed E-state index contributed by atoms with van der Waals surface area (Å²) in [5.41, 5.74) is 4.21. The third kappa shape index (κ3) is 5.87. The van der Waals surface area contributed by atoms with Gasteiger partial charge in [0, 0.05) is 35.8 Å². The average Bonchev–Trinajstić information content (AvgIpc) is 2.56. The van der Waals surface area contributed by atoms with Crippen molar-refractivity contribution in [2.45, 2.75) is 5.75 Å². The van der Waals surface area contributed by atoms with Gasteiger partial charge in [-0.2, -0.15) is 5.10 Å². The molecule has 23 heavy (non-hydrogen) atoms. The monoisotopic (exact) mass is 330 g/mol. The maximum Gasteiger partial charge on any atom is 0.269 e. The first-order valence-electron chi connectivity index (χ1n) is 6.68. The zero-order valence-corrected chi connectivity index (χ0v) is 12.9. The van der Waals surface area contributed by atoms with Crippen LogP contribution in [0.25, 0.3) is 0 Å². The van der Waals surface area contributed by atoms with Gasteiger partial charge in [0.05, 0.1) is 16.9 Å². The highest BCUT2D eigenvalue weighted by molar-refractivity contribution is 7.99. The van der Waals surface area contributed by atoms with Crippen molar-refractivity contribution >= 4 is 29.6 Å². The zero-order chi connectivity index (χ0) is 16.5. The Kier molecular flexibility index (Phi) is 6.25. The molecule has 2 aromatic rings. The number of nitrogens with zero attached hydrogens (tertiary/aromatic N) is 3. The van der Waals surface area contributed by atoms with Crippen molar-refractivity contribution in [3.05, 3.63) is 70.0 Å². The average molecular weight is 330 g/mol. The number of non-ortho nitro benzene ring substituents is 1. The number of carbonyl (C=O) groups is 1. The first-order valence-corrected chi connectivity index (χ1v) is 7.83. The lowest BCUT2D eigenvalue weighted by Crippen LogP contribution is -2.19. The van der Waals surface area contributed by atoms with Gasteiger partial charge in [0.1, 0.15) is 0 Å². The smallest absolute Gasteiger partial charge is 0.269 e. The van der Waals surface area contributed by atoms with Crippen LogP contribution in [-0.2, 0) is 10.5 Å². The number of nitro groups is 1. The second-order valence-electron chi connectivity index (χ2n) is 4.50. The van der Waals surface area contributed by atoms with E-state index < -0.39 is 4.92 Å². The summed E-state index contributed by atoms with van der Waals surface area (Å²) in [6, 6.07) is 9.88. The van der Waals surface area contributed by atoms with E-state index in [9.17, 15) is 14.9 Å². The van der Waals surface area contributed by atoms with Gasteiger partial charge in [-0.1, -0.05) is 18.2 Å². The number of nitrogens with one attached hydrogen (secondary N) is 1. The second kappa shape index (κ2) is 8.64. The number of hydrogen-bond acceptors (Lipinski definition) is 6. The molecule has 0 bridgehead atoms. The van der Waals surface area contributed by atoms with Crippen molar-refractivity contribution in [3.63, 3.8) is 0 Å². The molecule has 1 heterocycles. The Morgan fingerprint density at radius 2 is 2.13 bits per heavy atom. The molecular formula is C15H14N4O3S. The maximum absolute atomic E-state index is 11.6. The Balaban J connectivity index is 1.70. The standard InChI is InChI=1S/C15H14N4O3S/c20-15(18-17-9-13-2-1-7-16-8-13)11-23-10-12-3-5-14(6-4-12)19(21)22/h1-9H,10-11H2,(H,18,20)/b17-9+. The molecule has 0 aliphatic rings. The largest absolute Gasteiger partial charge is 0.272 e. The van der Waals surface area contributed by atoms with Crippen LogP contribution in [0.3, 0.4) is 0 Å². The van der Waals surface area contributed by atoms with Crippen LogP contribution in [0.5, 0.6) is 0 Å². The summed E-state index contributed by atoms with van der Waals surface area (Å²) < 4.78 is 0. The number of thioether (sulfide) groups is 1. The Labute approximate surface area is 137 Å². The van der Waals surface area contributed by atoms with Crippen molar-refractivity contribution in [2.24, 2.45) is 5.10 Å². The number of nitro benzene ring substituents is 1. The highest BCUT2D eigenvalue weighted by Crippen LogP contribution is 2.16. The van der Waals surface area contributed by atoms with Crippen LogP contribution in [0.4, 0.5) is 5.69 Å². The van der Waals surface area contributed by atoms with E-state index in [1.54, 1.807) is 30.6 Å². The van der Waals surface area contributed by atoms with Crippen molar-refractivity contribution in [3.8, 4) is 0 Å². The SMILES string of the molecule is O=C(CSCc1ccc([N+](=O)[O-])cc1)N/N=C/c1cccnc1. The second-order valence-corrected chi connectivity index (χ2v) is 5.48. The molecule has 0 aliphatic carbocycles. The van der Waals surface area contributed by atoms with Crippen LogP contribution in [0, 0.1) is 10.1 Å². The molecule has 0 aliphatic heterocycles. The minimum atomic E-state index is -0.440. The molecule has 0 atom stereocenters. The summed E-state index contributed by atoms with van der Waals surface area (Å²) in [7, 11) is 0. The zero-order valence-electron chi connectivity index (χ0n) is 12.1. The third-order valence-electron chi connectivity index (χ3n) is 2.74. The summed E-state index contributed by atoms with van der Waals surface area (Å²) in [4.78, 5) is 25.7. The summed E-state index contributed by atoms with van der Waals surface area (Å²) in [6.07, 6.45) is 4.82. The lowest BCUT2D eigenvalue weighted by atomic mass is 10.2. The van der Waals surface area contributed by atoms with Gasteiger partial charge < -0.3 is 0 Å². The van der Waals surface area contributed by atoms with E-state index in [-0.39, 0.29) is 17.3 Å². The van der Waals surface area contributed by atoms with Gasteiger partial charge >= 0.3 is 0 Å². The van der Waals surface area contributed by atoms with Crippen LogP contribution in [0.1, 0.15) is 11.1 Å². The summed E-state index contributed by atoms with van der Waals surface area (Å²) >= 11 is 1.41. The van der Waals surface area contributed by atoms with Crippen LogP contribution in [-0.4, -0.2) is 27.8 Å². The van der Waals surface area contributed by atoms with Gasteiger partial charge in [-0.05, 0) is 11.6 Å². The van der Waals surface area contributed by atoms with E-state index in [1.165, 1.54) is 30.1 Å². The molecule has 1 aromatic heterocycles. The minimum Gasteiger partial charge on any atom is -0.272 e. The number of rotatable bonds is 7. The van der Waals surface area contributed by atoms with Gasteiger partial charge in [0.2, 0.25) is 5.91 Å². The van der Waals surface area contributed by atoms with Gasteiger partial charge in [-0.3, -0.25) is 19.9 Å². The predicted octanol–water partition coefficient (Wildman–Crippen LogP) is 2.37. The van der Waals surface area contributed by atoms with Crippen molar-refractivity contribution in [2.75, 3.05) is 5.75 Å². The number of aromatic nitrogens is 1. The van der Waals surface area contributed by atoms with Crippen molar-refractivity contribution in [1.29, 1.82) is 0 Å². The molecule has 0 radical (unpaired) electrons. The van der Waals surface area contributed by atoms with E-state index in [0.29, 0.717) is 5.75 Å². The van der Waals surface area contributed by atoms with Crippen molar-refractivity contribution < 1.29 is 9.72 Å². The number of amides is 1. The normalized spacial score (nSPS) is 10.6. The molecule has 8 heteroatoms.